The Morgan fingerprint density at radius 3 is 2.95 bits per heavy atom. The quantitative estimate of drug-likeness (QED) is 0.633. The van der Waals surface area contributed by atoms with Crippen molar-refractivity contribution in [2.45, 2.75) is 32.4 Å². The molecule has 1 aliphatic heterocycles. The van der Waals surface area contributed by atoms with Crippen LogP contribution in [-0.2, 0) is 17.8 Å². The third kappa shape index (κ3) is 3.95. The minimum atomic E-state index is -0.170. The van der Waals surface area contributed by atoms with Crippen LogP contribution in [0.25, 0.3) is 0 Å². The van der Waals surface area contributed by atoms with Gasteiger partial charge in [-0.05, 0) is 23.6 Å². The minimum Gasteiger partial charge on any atom is -0.508 e. The first-order valence-corrected chi connectivity index (χ1v) is 7.23. The van der Waals surface area contributed by atoms with Crippen LogP contribution in [0.5, 0.6) is 5.75 Å². The molecule has 1 amide bonds. The number of aryl methyl sites for hydroxylation is 1. The van der Waals surface area contributed by atoms with Gasteiger partial charge in [0.05, 0.1) is 6.04 Å². The molecule has 1 aliphatic rings. The van der Waals surface area contributed by atoms with Crippen molar-refractivity contribution in [1.82, 2.24) is 16.0 Å². The van der Waals surface area contributed by atoms with Crippen molar-refractivity contribution in [2.75, 3.05) is 19.6 Å². The van der Waals surface area contributed by atoms with E-state index in [4.69, 9.17) is 0 Å². The van der Waals surface area contributed by atoms with Gasteiger partial charge in [0.25, 0.3) is 0 Å². The number of benzene rings is 1. The summed E-state index contributed by atoms with van der Waals surface area (Å²) in [6.45, 7) is 4.89. The number of hydrogen-bond donors (Lipinski definition) is 4. The average Bonchev–Trinajstić information content (AvgIpc) is 2.48. The van der Waals surface area contributed by atoms with Gasteiger partial charge in [-0.1, -0.05) is 25.5 Å². The number of piperazine rings is 1. The third-order valence-corrected chi connectivity index (χ3v) is 3.49. The summed E-state index contributed by atoms with van der Waals surface area (Å²) >= 11 is 0. The molecule has 1 heterocycles. The Morgan fingerprint density at radius 2 is 2.30 bits per heavy atom. The summed E-state index contributed by atoms with van der Waals surface area (Å²) in [5.41, 5.74) is 1.88. The Labute approximate surface area is 119 Å². The van der Waals surface area contributed by atoms with E-state index >= 15 is 0 Å². The van der Waals surface area contributed by atoms with Gasteiger partial charge in [-0.3, -0.25) is 4.79 Å². The summed E-state index contributed by atoms with van der Waals surface area (Å²) in [6.07, 6.45) is 1.88. The lowest BCUT2D eigenvalue weighted by molar-refractivity contribution is -0.123. The Balaban J connectivity index is 1.87. The molecule has 5 heteroatoms. The van der Waals surface area contributed by atoms with Crippen LogP contribution in [0.3, 0.4) is 0 Å². The molecule has 1 atom stereocenters. The number of aromatic hydroxyl groups is 1. The van der Waals surface area contributed by atoms with E-state index < -0.39 is 0 Å². The lowest BCUT2D eigenvalue weighted by Gasteiger charge is -2.23. The van der Waals surface area contributed by atoms with E-state index in [0.29, 0.717) is 18.8 Å². The number of carbonyl (C=O) groups excluding carboxylic acids is 1. The second kappa shape index (κ2) is 7.26. The molecule has 1 aromatic rings. The number of phenols is 1. The van der Waals surface area contributed by atoms with Crippen LogP contribution in [0, 0.1) is 0 Å². The number of phenolic OH excluding ortho intramolecular Hbond substituents is 1. The Morgan fingerprint density at radius 1 is 1.45 bits per heavy atom. The van der Waals surface area contributed by atoms with E-state index in [-0.39, 0.29) is 11.9 Å². The molecule has 1 unspecified atom stereocenters. The van der Waals surface area contributed by atoms with E-state index in [9.17, 15) is 9.90 Å². The fraction of sp³-hybridized carbons (Fsp3) is 0.533. The smallest absolute Gasteiger partial charge is 0.238 e. The molecule has 0 aliphatic carbocycles. The van der Waals surface area contributed by atoms with Crippen LogP contribution in [0.15, 0.2) is 18.2 Å². The molecule has 1 aromatic carbocycles. The number of carbonyl (C=O) groups is 1. The number of amides is 1. The lowest BCUT2D eigenvalue weighted by Crippen LogP contribution is -2.55. The topological polar surface area (TPSA) is 73.4 Å². The molecule has 0 radical (unpaired) electrons. The molecule has 4 N–H and O–H groups in total. The second-order valence-corrected chi connectivity index (χ2v) is 5.14. The van der Waals surface area contributed by atoms with Gasteiger partial charge >= 0.3 is 0 Å². The summed E-state index contributed by atoms with van der Waals surface area (Å²) in [6, 6.07) is 5.45. The van der Waals surface area contributed by atoms with Gasteiger partial charge in [0.2, 0.25) is 5.91 Å². The van der Waals surface area contributed by atoms with E-state index in [0.717, 1.165) is 37.1 Å². The fourth-order valence-electron chi connectivity index (χ4n) is 2.35. The Kier molecular flexibility index (Phi) is 5.38. The summed E-state index contributed by atoms with van der Waals surface area (Å²) in [5.74, 6) is 0.311. The van der Waals surface area contributed by atoms with Gasteiger partial charge in [-0.25, -0.2) is 0 Å². The number of nitrogens with one attached hydrogen (secondary N) is 3. The summed E-state index contributed by atoms with van der Waals surface area (Å²) in [7, 11) is 0. The van der Waals surface area contributed by atoms with Crippen molar-refractivity contribution >= 4 is 5.91 Å². The zero-order valence-corrected chi connectivity index (χ0v) is 11.9. The highest BCUT2D eigenvalue weighted by molar-refractivity contribution is 5.82. The van der Waals surface area contributed by atoms with Crippen molar-refractivity contribution < 1.29 is 9.90 Å². The Bertz CT molecular complexity index is 456. The van der Waals surface area contributed by atoms with Crippen LogP contribution < -0.4 is 16.0 Å². The van der Waals surface area contributed by atoms with Crippen molar-refractivity contribution in [3.8, 4) is 5.75 Å². The first-order valence-electron chi connectivity index (χ1n) is 7.23. The van der Waals surface area contributed by atoms with Crippen LogP contribution in [0.2, 0.25) is 0 Å². The predicted octanol–water partition coefficient (Wildman–Crippen LogP) is 0.522. The molecule has 0 aromatic heterocycles. The maximum Gasteiger partial charge on any atom is 0.238 e. The molecule has 2 rings (SSSR count). The monoisotopic (exact) mass is 277 g/mol. The standard InChI is InChI=1S/C15H23N3O2/c1-2-3-12-5-4-11(8-14(12)19)9-18-15(20)13-10-16-6-7-17-13/h4-5,8,13,16-17,19H,2-3,6-7,9-10H2,1H3,(H,18,20). The van der Waals surface area contributed by atoms with E-state index in [1.807, 2.05) is 12.1 Å². The van der Waals surface area contributed by atoms with Gasteiger partial charge in [-0.15, -0.1) is 0 Å². The van der Waals surface area contributed by atoms with Crippen molar-refractivity contribution in [3.63, 3.8) is 0 Å². The SMILES string of the molecule is CCCc1ccc(CNC(=O)C2CNCCN2)cc1O. The molecule has 0 saturated carbocycles. The zero-order valence-electron chi connectivity index (χ0n) is 11.9. The van der Waals surface area contributed by atoms with E-state index in [1.165, 1.54) is 0 Å². The second-order valence-electron chi connectivity index (χ2n) is 5.14. The first-order chi connectivity index (χ1) is 9.70. The highest BCUT2D eigenvalue weighted by Gasteiger charge is 2.19. The summed E-state index contributed by atoms with van der Waals surface area (Å²) < 4.78 is 0. The highest BCUT2D eigenvalue weighted by atomic mass is 16.3. The largest absolute Gasteiger partial charge is 0.508 e. The normalized spacial score (nSPS) is 18.8. The van der Waals surface area contributed by atoms with Crippen LogP contribution in [-0.4, -0.2) is 36.7 Å². The summed E-state index contributed by atoms with van der Waals surface area (Å²) in [4.78, 5) is 11.9. The molecule has 0 spiro atoms. The number of rotatable bonds is 5. The molecule has 110 valence electrons. The number of hydrogen-bond acceptors (Lipinski definition) is 4. The van der Waals surface area contributed by atoms with Crippen LogP contribution in [0.4, 0.5) is 0 Å². The molecular weight excluding hydrogens is 254 g/mol. The van der Waals surface area contributed by atoms with Gasteiger partial charge in [0, 0.05) is 26.2 Å². The van der Waals surface area contributed by atoms with Gasteiger partial charge in [0.1, 0.15) is 5.75 Å². The molecule has 5 nitrogen and oxygen atoms in total. The predicted molar refractivity (Wildman–Crippen MR) is 78.6 cm³/mol. The molecular formula is C15H23N3O2. The van der Waals surface area contributed by atoms with E-state index in [1.54, 1.807) is 6.07 Å². The zero-order chi connectivity index (χ0) is 14.4. The van der Waals surface area contributed by atoms with Crippen LogP contribution >= 0.6 is 0 Å². The van der Waals surface area contributed by atoms with E-state index in [2.05, 4.69) is 22.9 Å². The van der Waals surface area contributed by atoms with Crippen molar-refractivity contribution in [2.24, 2.45) is 0 Å². The molecule has 0 bridgehead atoms. The van der Waals surface area contributed by atoms with Crippen molar-refractivity contribution in [3.05, 3.63) is 29.3 Å². The highest BCUT2D eigenvalue weighted by Crippen LogP contribution is 2.20. The molecule has 20 heavy (non-hydrogen) atoms. The van der Waals surface area contributed by atoms with Gasteiger partial charge < -0.3 is 21.1 Å². The molecule has 1 fully saturated rings. The summed E-state index contributed by atoms with van der Waals surface area (Å²) in [5, 5.41) is 19.1. The maximum atomic E-state index is 11.9. The van der Waals surface area contributed by atoms with Crippen LogP contribution in [0.1, 0.15) is 24.5 Å². The Hall–Kier alpha value is -1.59. The maximum absolute atomic E-state index is 11.9. The average molecular weight is 277 g/mol. The van der Waals surface area contributed by atoms with Gasteiger partial charge in [-0.2, -0.15) is 0 Å². The van der Waals surface area contributed by atoms with Crippen molar-refractivity contribution in [1.29, 1.82) is 0 Å². The molecule has 1 saturated heterocycles. The first kappa shape index (κ1) is 14.8. The van der Waals surface area contributed by atoms with Gasteiger partial charge in [0.15, 0.2) is 0 Å². The lowest BCUT2D eigenvalue weighted by atomic mass is 10.1. The third-order valence-electron chi connectivity index (χ3n) is 3.49. The minimum absolute atomic E-state index is 0.00526. The fourth-order valence-corrected chi connectivity index (χ4v) is 2.35.